The standard InChI is InChI=1S/C17H9ClFN3O3/c18-12-3-1-2-10(6-12)15-8-16(25-17(23)24)21-22(15)13-4-5-14(19)11(7-13)9-20/h1-8H,(H,23,24). The molecule has 25 heavy (non-hydrogen) atoms. The van der Waals surface area contributed by atoms with Gasteiger partial charge in [-0.05, 0) is 30.3 Å². The molecular formula is C17H9ClFN3O3. The second-order valence-electron chi connectivity index (χ2n) is 4.93. The van der Waals surface area contributed by atoms with Gasteiger partial charge in [-0.25, -0.2) is 13.9 Å². The molecule has 124 valence electrons. The maximum Gasteiger partial charge on any atom is 0.512 e. The molecule has 3 rings (SSSR count). The van der Waals surface area contributed by atoms with Crippen molar-refractivity contribution in [1.82, 2.24) is 9.78 Å². The number of hydrogen-bond donors (Lipinski definition) is 1. The quantitative estimate of drug-likeness (QED) is 0.707. The van der Waals surface area contributed by atoms with E-state index in [9.17, 15) is 9.18 Å². The summed E-state index contributed by atoms with van der Waals surface area (Å²) in [6.07, 6.45) is -1.51. The summed E-state index contributed by atoms with van der Waals surface area (Å²) in [5.74, 6) is -0.824. The van der Waals surface area contributed by atoms with Crippen molar-refractivity contribution in [2.45, 2.75) is 0 Å². The van der Waals surface area contributed by atoms with Gasteiger partial charge in [-0.15, -0.1) is 5.10 Å². The second kappa shape index (κ2) is 6.63. The minimum atomic E-state index is -1.51. The van der Waals surface area contributed by atoms with Crippen molar-refractivity contribution < 1.29 is 19.0 Å². The predicted molar refractivity (Wildman–Crippen MR) is 87.3 cm³/mol. The van der Waals surface area contributed by atoms with Crippen molar-refractivity contribution in [3.63, 3.8) is 0 Å². The van der Waals surface area contributed by atoms with Crippen molar-refractivity contribution in [3.8, 4) is 28.9 Å². The Hall–Kier alpha value is -3.37. The van der Waals surface area contributed by atoms with Crippen molar-refractivity contribution in [1.29, 1.82) is 5.26 Å². The van der Waals surface area contributed by atoms with E-state index in [0.29, 0.717) is 22.0 Å². The summed E-state index contributed by atoms with van der Waals surface area (Å²) in [6, 6.07) is 13.8. The van der Waals surface area contributed by atoms with Crippen LogP contribution in [0.25, 0.3) is 16.9 Å². The number of carboxylic acid groups (broad SMARTS) is 1. The molecule has 0 bridgehead atoms. The first kappa shape index (κ1) is 16.5. The first-order valence-corrected chi connectivity index (χ1v) is 7.32. The Kier molecular flexibility index (Phi) is 4.37. The highest BCUT2D eigenvalue weighted by Gasteiger charge is 2.16. The number of halogens is 2. The molecular weight excluding hydrogens is 349 g/mol. The first-order chi connectivity index (χ1) is 12.0. The molecule has 0 atom stereocenters. The number of aromatic nitrogens is 2. The number of nitriles is 1. The van der Waals surface area contributed by atoms with Crippen LogP contribution in [-0.4, -0.2) is 21.0 Å². The molecule has 0 spiro atoms. The number of ether oxygens (including phenoxy) is 1. The fraction of sp³-hybridized carbons (Fsp3) is 0. The van der Waals surface area contributed by atoms with Crippen molar-refractivity contribution in [2.75, 3.05) is 0 Å². The van der Waals surface area contributed by atoms with Crippen LogP contribution < -0.4 is 4.74 Å². The van der Waals surface area contributed by atoms with Gasteiger partial charge in [-0.1, -0.05) is 23.7 Å². The van der Waals surface area contributed by atoms with Gasteiger partial charge >= 0.3 is 6.16 Å². The molecule has 3 aromatic rings. The maximum atomic E-state index is 13.6. The van der Waals surface area contributed by atoms with E-state index in [1.165, 1.54) is 22.9 Å². The molecule has 0 radical (unpaired) electrons. The SMILES string of the molecule is N#Cc1cc(-n2nc(OC(=O)O)cc2-c2cccc(Cl)c2)ccc1F. The Morgan fingerprint density at radius 1 is 1.28 bits per heavy atom. The Morgan fingerprint density at radius 3 is 2.76 bits per heavy atom. The summed E-state index contributed by atoms with van der Waals surface area (Å²) >= 11 is 6.01. The fourth-order valence-electron chi connectivity index (χ4n) is 2.28. The Bertz CT molecular complexity index is 1010. The van der Waals surface area contributed by atoms with E-state index in [1.54, 1.807) is 30.3 Å². The van der Waals surface area contributed by atoms with Crippen LogP contribution >= 0.6 is 11.6 Å². The lowest BCUT2D eigenvalue weighted by atomic mass is 10.1. The number of benzene rings is 2. The average Bonchev–Trinajstić information content (AvgIpc) is 2.98. The minimum Gasteiger partial charge on any atom is -0.449 e. The molecule has 0 fully saturated rings. The molecule has 0 amide bonds. The highest BCUT2D eigenvalue weighted by atomic mass is 35.5. The van der Waals surface area contributed by atoms with E-state index in [-0.39, 0.29) is 11.4 Å². The van der Waals surface area contributed by atoms with Gasteiger partial charge in [-0.3, -0.25) is 0 Å². The third-order valence-corrected chi connectivity index (χ3v) is 3.55. The van der Waals surface area contributed by atoms with E-state index in [4.69, 9.17) is 22.0 Å². The zero-order valence-electron chi connectivity index (χ0n) is 12.5. The van der Waals surface area contributed by atoms with Crippen LogP contribution in [0.3, 0.4) is 0 Å². The van der Waals surface area contributed by atoms with Crippen molar-refractivity contribution in [2.24, 2.45) is 0 Å². The minimum absolute atomic E-state index is 0.161. The van der Waals surface area contributed by atoms with E-state index in [2.05, 4.69) is 9.84 Å². The van der Waals surface area contributed by atoms with Crippen molar-refractivity contribution >= 4 is 17.8 Å². The summed E-state index contributed by atoms with van der Waals surface area (Å²) in [7, 11) is 0. The molecule has 0 aliphatic rings. The zero-order valence-corrected chi connectivity index (χ0v) is 13.2. The second-order valence-corrected chi connectivity index (χ2v) is 5.37. The van der Waals surface area contributed by atoms with Crippen LogP contribution in [0, 0.1) is 17.1 Å². The Morgan fingerprint density at radius 2 is 2.08 bits per heavy atom. The molecule has 0 unspecified atom stereocenters. The molecule has 8 heteroatoms. The third kappa shape index (κ3) is 3.44. The maximum absolute atomic E-state index is 13.6. The lowest BCUT2D eigenvalue weighted by molar-refractivity contribution is 0.142. The molecule has 0 saturated heterocycles. The summed E-state index contributed by atoms with van der Waals surface area (Å²) < 4.78 is 19.5. The molecule has 2 aromatic carbocycles. The molecule has 0 aliphatic carbocycles. The zero-order chi connectivity index (χ0) is 18.0. The molecule has 1 aromatic heterocycles. The van der Waals surface area contributed by atoms with Gasteiger partial charge in [0, 0.05) is 16.7 Å². The topological polar surface area (TPSA) is 88.1 Å². The smallest absolute Gasteiger partial charge is 0.449 e. The summed E-state index contributed by atoms with van der Waals surface area (Å²) in [5, 5.41) is 22.3. The normalized spacial score (nSPS) is 10.3. The van der Waals surface area contributed by atoms with Crippen LogP contribution in [-0.2, 0) is 0 Å². The number of carbonyl (C=O) groups is 1. The summed E-state index contributed by atoms with van der Waals surface area (Å²) in [4.78, 5) is 10.8. The highest BCUT2D eigenvalue weighted by Crippen LogP contribution is 2.29. The van der Waals surface area contributed by atoms with Gasteiger partial charge in [0.2, 0.25) is 5.88 Å². The van der Waals surface area contributed by atoms with E-state index in [1.807, 2.05) is 0 Å². The molecule has 0 aliphatic heterocycles. The summed E-state index contributed by atoms with van der Waals surface area (Å²) in [5.41, 5.74) is 1.32. The third-order valence-electron chi connectivity index (χ3n) is 3.31. The molecule has 6 nitrogen and oxygen atoms in total. The summed E-state index contributed by atoms with van der Waals surface area (Å²) in [6.45, 7) is 0. The number of nitrogens with zero attached hydrogens (tertiary/aromatic N) is 3. The van der Waals surface area contributed by atoms with E-state index >= 15 is 0 Å². The average molecular weight is 358 g/mol. The van der Waals surface area contributed by atoms with Crippen LogP contribution in [0.15, 0.2) is 48.5 Å². The monoisotopic (exact) mass is 357 g/mol. The van der Waals surface area contributed by atoms with Crippen LogP contribution in [0.1, 0.15) is 5.56 Å². The lowest BCUT2D eigenvalue weighted by Crippen LogP contribution is -2.05. The number of hydrogen-bond acceptors (Lipinski definition) is 4. The van der Waals surface area contributed by atoms with Crippen LogP contribution in [0.4, 0.5) is 9.18 Å². The van der Waals surface area contributed by atoms with Crippen LogP contribution in [0.2, 0.25) is 5.02 Å². The largest absolute Gasteiger partial charge is 0.512 e. The molecule has 1 N–H and O–H groups in total. The first-order valence-electron chi connectivity index (χ1n) is 6.95. The molecule has 0 saturated carbocycles. The van der Waals surface area contributed by atoms with Crippen molar-refractivity contribution in [3.05, 3.63) is 64.9 Å². The predicted octanol–water partition coefficient (Wildman–Crippen LogP) is 4.26. The number of rotatable bonds is 3. The fourth-order valence-corrected chi connectivity index (χ4v) is 2.47. The van der Waals surface area contributed by atoms with Gasteiger partial charge in [0.15, 0.2) is 0 Å². The van der Waals surface area contributed by atoms with Crippen LogP contribution in [0.5, 0.6) is 5.88 Å². The van der Waals surface area contributed by atoms with Gasteiger partial charge < -0.3 is 9.84 Å². The van der Waals surface area contributed by atoms with Gasteiger partial charge in [0.25, 0.3) is 0 Å². The molecule has 1 heterocycles. The van der Waals surface area contributed by atoms with Gasteiger partial charge in [0.1, 0.15) is 11.9 Å². The van der Waals surface area contributed by atoms with Gasteiger partial charge in [0.05, 0.1) is 16.9 Å². The van der Waals surface area contributed by atoms with E-state index < -0.39 is 12.0 Å². The van der Waals surface area contributed by atoms with E-state index in [0.717, 1.165) is 6.07 Å². The Balaban J connectivity index is 2.19. The Labute approximate surface area is 146 Å². The lowest BCUT2D eigenvalue weighted by Gasteiger charge is -2.08. The van der Waals surface area contributed by atoms with Gasteiger partial charge in [-0.2, -0.15) is 5.26 Å². The highest BCUT2D eigenvalue weighted by molar-refractivity contribution is 6.30.